The molecule has 1 heterocycles. The number of aromatic nitrogens is 1. The Bertz CT molecular complexity index is 408. The first-order valence-electron chi connectivity index (χ1n) is 6.44. The zero-order valence-electron chi connectivity index (χ0n) is 10.6. The van der Waals surface area contributed by atoms with Crippen molar-refractivity contribution in [3.05, 3.63) is 15.6 Å². The first-order valence-corrected chi connectivity index (χ1v) is 7.26. The number of thiazole rings is 1. The molecule has 1 N–H and O–H groups in total. The first-order chi connectivity index (χ1) is 8.72. The summed E-state index contributed by atoms with van der Waals surface area (Å²) in [5, 5.41) is 10.2. The highest BCUT2D eigenvalue weighted by Gasteiger charge is 2.23. The maximum atomic E-state index is 11.2. The second kappa shape index (κ2) is 6.29. The fraction of sp³-hybridized carbons (Fsp3) is 0.692. The van der Waals surface area contributed by atoms with Crippen LogP contribution in [0.15, 0.2) is 0 Å². The summed E-state index contributed by atoms with van der Waals surface area (Å²) in [6, 6.07) is 0. The van der Waals surface area contributed by atoms with Crippen LogP contribution < -0.4 is 0 Å². The number of hydrogen-bond acceptors (Lipinski definition) is 4. The highest BCUT2D eigenvalue weighted by Crippen LogP contribution is 2.35. The Morgan fingerprint density at radius 1 is 1.39 bits per heavy atom. The molecule has 0 aliphatic heterocycles. The van der Waals surface area contributed by atoms with Crippen LogP contribution in [-0.4, -0.2) is 23.2 Å². The van der Waals surface area contributed by atoms with Crippen LogP contribution in [0, 0.1) is 0 Å². The van der Waals surface area contributed by atoms with Gasteiger partial charge in [0.05, 0.1) is 17.3 Å². The normalized spacial score (nSPS) is 17.6. The van der Waals surface area contributed by atoms with Crippen molar-refractivity contribution in [2.45, 2.75) is 51.0 Å². The quantitative estimate of drug-likeness (QED) is 0.851. The molecule has 1 aromatic rings. The molecule has 100 valence electrons. The van der Waals surface area contributed by atoms with Gasteiger partial charge in [0, 0.05) is 13.0 Å². The van der Waals surface area contributed by atoms with Gasteiger partial charge >= 0.3 is 5.97 Å². The Balaban J connectivity index is 2.21. The van der Waals surface area contributed by atoms with Crippen LogP contribution in [0.5, 0.6) is 0 Å². The number of carbonyl (C=O) groups is 1. The number of rotatable bonds is 4. The van der Waals surface area contributed by atoms with Gasteiger partial charge in [-0.2, -0.15) is 0 Å². The predicted molar refractivity (Wildman–Crippen MR) is 70.2 cm³/mol. The lowest BCUT2D eigenvalue weighted by atomic mass is 10.0. The Hall–Kier alpha value is -0.940. The molecule has 1 saturated carbocycles. The van der Waals surface area contributed by atoms with Crippen molar-refractivity contribution in [3.63, 3.8) is 0 Å². The summed E-state index contributed by atoms with van der Waals surface area (Å²) in [6.45, 7) is 0.283. The van der Waals surface area contributed by atoms with E-state index in [0.29, 0.717) is 16.5 Å². The largest absolute Gasteiger partial charge is 0.477 e. The minimum atomic E-state index is -0.889. The van der Waals surface area contributed by atoms with Crippen LogP contribution in [0.1, 0.15) is 64.8 Å². The SMILES string of the molecule is COCc1nc(C2CCCCCC2)sc1C(=O)O. The molecular formula is C13H19NO3S. The summed E-state index contributed by atoms with van der Waals surface area (Å²) in [6.07, 6.45) is 7.31. The van der Waals surface area contributed by atoms with Crippen molar-refractivity contribution in [3.8, 4) is 0 Å². The number of aromatic carboxylic acids is 1. The summed E-state index contributed by atoms with van der Waals surface area (Å²) in [5.41, 5.74) is 0.578. The zero-order valence-corrected chi connectivity index (χ0v) is 11.5. The molecule has 0 bridgehead atoms. The third-order valence-corrected chi connectivity index (χ3v) is 4.64. The molecule has 1 fully saturated rings. The summed E-state index contributed by atoms with van der Waals surface area (Å²) >= 11 is 1.33. The van der Waals surface area contributed by atoms with E-state index >= 15 is 0 Å². The number of hydrogen-bond donors (Lipinski definition) is 1. The Kier molecular flexibility index (Phi) is 4.72. The lowest BCUT2D eigenvalue weighted by molar-refractivity contribution is 0.0697. The van der Waals surface area contributed by atoms with Gasteiger partial charge in [-0.1, -0.05) is 25.7 Å². The van der Waals surface area contributed by atoms with Gasteiger partial charge in [0.15, 0.2) is 0 Å². The highest BCUT2D eigenvalue weighted by molar-refractivity contribution is 7.13. The molecule has 0 saturated heterocycles. The monoisotopic (exact) mass is 269 g/mol. The van der Waals surface area contributed by atoms with Crippen LogP contribution in [0.2, 0.25) is 0 Å². The molecule has 0 aromatic carbocycles. The van der Waals surface area contributed by atoms with Crippen LogP contribution in [0.25, 0.3) is 0 Å². The van der Waals surface area contributed by atoms with E-state index in [1.54, 1.807) is 7.11 Å². The molecule has 1 aliphatic rings. The average Bonchev–Trinajstić information content (AvgIpc) is 2.59. The summed E-state index contributed by atoms with van der Waals surface area (Å²) in [5.74, 6) is -0.444. The van der Waals surface area contributed by atoms with E-state index in [2.05, 4.69) is 4.98 Å². The molecule has 0 unspecified atom stereocenters. The van der Waals surface area contributed by atoms with E-state index in [0.717, 1.165) is 17.8 Å². The molecule has 0 amide bonds. The number of methoxy groups -OCH3 is 1. The summed E-state index contributed by atoms with van der Waals surface area (Å²) in [7, 11) is 1.57. The third-order valence-electron chi connectivity index (χ3n) is 3.39. The van der Waals surface area contributed by atoms with E-state index in [-0.39, 0.29) is 6.61 Å². The minimum absolute atomic E-state index is 0.283. The van der Waals surface area contributed by atoms with Gasteiger partial charge in [0.25, 0.3) is 0 Å². The van der Waals surface area contributed by atoms with Gasteiger partial charge in [0.2, 0.25) is 0 Å². The Morgan fingerprint density at radius 2 is 2.06 bits per heavy atom. The molecule has 18 heavy (non-hydrogen) atoms. The molecule has 0 atom stereocenters. The van der Waals surface area contributed by atoms with Gasteiger partial charge in [-0.25, -0.2) is 9.78 Å². The Labute approximate surface area is 111 Å². The number of carboxylic acids is 1. The van der Waals surface area contributed by atoms with Crippen LogP contribution in [-0.2, 0) is 11.3 Å². The van der Waals surface area contributed by atoms with Crippen LogP contribution in [0.4, 0.5) is 0 Å². The van der Waals surface area contributed by atoms with Crippen molar-refractivity contribution in [2.24, 2.45) is 0 Å². The van der Waals surface area contributed by atoms with E-state index in [4.69, 9.17) is 4.74 Å². The second-order valence-corrected chi connectivity index (χ2v) is 5.79. The van der Waals surface area contributed by atoms with E-state index < -0.39 is 5.97 Å². The van der Waals surface area contributed by atoms with Crippen molar-refractivity contribution in [1.29, 1.82) is 0 Å². The van der Waals surface area contributed by atoms with E-state index in [9.17, 15) is 9.90 Å². The molecular weight excluding hydrogens is 250 g/mol. The minimum Gasteiger partial charge on any atom is -0.477 e. The third kappa shape index (κ3) is 3.09. The molecule has 0 radical (unpaired) electrons. The number of ether oxygens (including phenoxy) is 1. The topological polar surface area (TPSA) is 59.4 Å². The van der Waals surface area contributed by atoms with Crippen LogP contribution >= 0.6 is 11.3 Å². The Morgan fingerprint density at radius 3 is 2.61 bits per heavy atom. The van der Waals surface area contributed by atoms with Gasteiger partial charge in [0.1, 0.15) is 4.88 Å². The summed E-state index contributed by atoms with van der Waals surface area (Å²) < 4.78 is 5.02. The van der Waals surface area contributed by atoms with Gasteiger partial charge in [-0.3, -0.25) is 0 Å². The lowest BCUT2D eigenvalue weighted by Crippen LogP contribution is -2.00. The van der Waals surface area contributed by atoms with E-state index in [1.165, 1.54) is 37.0 Å². The van der Waals surface area contributed by atoms with Crippen molar-refractivity contribution in [2.75, 3.05) is 7.11 Å². The summed E-state index contributed by atoms with van der Waals surface area (Å²) in [4.78, 5) is 16.0. The lowest BCUT2D eigenvalue weighted by Gasteiger charge is -2.09. The fourth-order valence-corrected chi connectivity index (χ4v) is 3.55. The van der Waals surface area contributed by atoms with Crippen LogP contribution in [0.3, 0.4) is 0 Å². The number of carboxylic acid groups (broad SMARTS) is 1. The molecule has 4 nitrogen and oxygen atoms in total. The van der Waals surface area contributed by atoms with Gasteiger partial charge in [-0.15, -0.1) is 11.3 Å². The fourth-order valence-electron chi connectivity index (χ4n) is 2.47. The van der Waals surface area contributed by atoms with Crippen molar-refractivity contribution >= 4 is 17.3 Å². The highest BCUT2D eigenvalue weighted by atomic mass is 32.1. The van der Waals surface area contributed by atoms with E-state index in [1.807, 2.05) is 0 Å². The first kappa shape index (κ1) is 13.5. The standard InChI is InChI=1S/C13H19NO3S/c1-17-8-10-11(13(15)16)18-12(14-10)9-6-4-2-3-5-7-9/h9H,2-8H2,1H3,(H,15,16). The maximum Gasteiger partial charge on any atom is 0.347 e. The van der Waals surface area contributed by atoms with Gasteiger partial charge < -0.3 is 9.84 Å². The van der Waals surface area contributed by atoms with Crippen molar-refractivity contribution < 1.29 is 14.6 Å². The second-order valence-electron chi connectivity index (χ2n) is 4.75. The molecule has 5 heteroatoms. The molecule has 1 aromatic heterocycles. The zero-order chi connectivity index (χ0) is 13.0. The smallest absolute Gasteiger partial charge is 0.347 e. The average molecular weight is 269 g/mol. The molecule has 1 aliphatic carbocycles. The predicted octanol–water partition coefficient (Wildman–Crippen LogP) is 3.43. The maximum absolute atomic E-state index is 11.2. The molecule has 2 rings (SSSR count). The van der Waals surface area contributed by atoms with Crippen molar-refractivity contribution in [1.82, 2.24) is 4.98 Å². The number of nitrogens with zero attached hydrogens (tertiary/aromatic N) is 1. The van der Waals surface area contributed by atoms with Gasteiger partial charge in [-0.05, 0) is 12.8 Å². The molecule has 0 spiro atoms.